The van der Waals surface area contributed by atoms with Gasteiger partial charge in [-0.1, -0.05) is 110 Å². The fraction of sp³-hybridized carbons (Fsp3) is 0.400. The summed E-state index contributed by atoms with van der Waals surface area (Å²) in [6.45, 7) is 4.27. The number of urea groups is 1. The van der Waals surface area contributed by atoms with Gasteiger partial charge in [-0.05, 0) is 48.9 Å². The average Bonchev–Trinajstić information content (AvgIpc) is 3.45. The molecule has 2 aliphatic heterocycles. The van der Waals surface area contributed by atoms with E-state index in [1.54, 1.807) is 4.90 Å². The van der Waals surface area contributed by atoms with Crippen LogP contribution in [0.3, 0.4) is 0 Å². The molecule has 2 fully saturated rings. The van der Waals surface area contributed by atoms with Crippen molar-refractivity contribution in [3.05, 3.63) is 100 Å². The standard InChI is InChI=1S/C35H38BrN3O3/c1-22(2)20-29-30(23-12-6-3-7-13-23)31(32(40)24-14-8-4-9-15-24)35(27-21-25(36)18-19-28(27)38-33(35)41)39(29)34(42)37-26-16-10-5-11-17-26/h3-4,6-9,12-15,18-19,21-22,26,29-31H,5,10-11,16-17,20H2,1-2H3,(H,37,42)(H,38,41). The molecule has 1 saturated carbocycles. The highest BCUT2D eigenvalue weighted by molar-refractivity contribution is 9.10. The van der Waals surface area contributed by atoms with Gasteiger partial charge in [-0.15, -0.1) is 0 Å². The number of amides is 3. The minimum Gasteiger partial charge on any atom is -0.335 e. The van der Waals surface area contributed by atoms with Gasteiger partial charge in [-0.25, -0.2) is 4.79 Å². The number of hydrogen-bond acceptors (Lipinski definition) is 3. The lowest BCUT2D eigenvalue weighted by molar-refractivity contribution is -0.126. The number of carbonyl (C=O) groups is 3. The second-order valence-electron chi connectivity index (χ2n) is 12.4. The van der Waals surface area contributed by atoms with Crippen molar-refractivity contribution in [1.29, 1.82) is 0 Å². The number of nitrogens with zero attached hydrogens (tertiary/aromatic N) is 1. The van der Waals surface area contributed by atoms with E-state index in [0.717, 1.165) is 35.7 Å². The summed E-state index contributed by atoms with van der Waals surface area (Å²) >= 11 is 3.63. The molecule has 0 bridgehead atoms. The van der Waals surface area contributed by atoms with Gasteiger partial charge in [0, 0.05) is 39.3 Å². The molecule has 3 aliphatic rings. The van der Waals surface area contributed by atoms with Crippen molar-refractivity contribution >= 4 is 39.3 Å². The third-order valence-corrected chi connectivity index (χ3v) is 9.80. The number of anilines is 1. The number of ketones is 1. The van der Waals surface area contributed by atoms with Crippen LogP contribution in [0, 0.1) is 11.8 Å². The van der Waals surface area contributed by atoms with E-state index in [2.05, 4.69) is 40.4 Å². The van der Waals surface area contributed by atoms with Crippen LogP contribution in [0.1, 0.15) is 79.8 Å². The monoisotopic (exact) mass is 627 g/mol. The number of nitrogens with one attached hydrogen (secondary N) is 2. The van der Waals surface area contributed by atoms with E-state index in [0.29, 0.717) is 23.2 Å². The molecule has 3 aromatic carbocycles. The Labute approximate surface area is 256 Å². The molecule has 6 nitrogen and oxygen atoms in total. The van der Waals surface area contributed by atoms with Gasteiger partial charge in [0.25, 0.3) is 5.91 Å². The molecular weight excluding hydrogens is 590 g/mol. The number of Topliss-reactive ketones (excluding diaryl/α,β-unsaturated/α-hetero) is 1. The second-order valence-corrected chi connectivity index (χ2v) is 13.3. The first-order chi connectivity index (χ1) is 20.3. The Kier molecular flexibility index (Phi) is 7.97. The Morgan fingerprint density at radius 1 is 0.976 bits per heavy atom. The van der Waals surface area contributed by atoms with E-state index in [-0.39, 0.29) is 35.7 Å². The van der Waals surface area contributed by atoms with Crippen molar-refractivity contribution in [2.24, 2.45) is 11.8 Å². The number of halogens is 1. The lowest BCUT2D eigenvalue weighted by Crippen LogP contribution is -2.60. The molecule has 0 radical (unpaired) electrons. The molecule has 3 amide bonds. The zero-order valence-corrected chi connectivity index (χ0v) is 25.8. The third kappa shape index (κ3) is 4.85. The van der Waals surface area contributed by atoms with Gasteiger partial charge in [0.05, 0.1) is 5.92 Å². The smallest absolute Gasteiger partial charge is 0.319 e. The molecule has 7 heteroatoms. The van der Waals surface area contributed by atoms with E-state index in [4.69, 9.17) is 0 Å². The summed E-state index contributed by atoms with van der Waals surface area (Å²) in [7, 11) is 0. The summed E-state index contributed by atoms with van der Waals surface area (Å²) in [5, 5.41) is 6.43. The lowest BCUT2D eigenvalue weighted by atomic mass is 9.69. The summed E-state index contributed by atoms with van der Waals surface area (Å²) in [6, 6.07) is 24.3. The topological polar surface area (TPSA) is 78.5 Å². The number of fused-ring (bicyclic) bond motifs is 2. The van der Waals surface area contributed by atoms with Crippen LogP contribution in [0.5, 0.6) is 0 Å². The fourth-order valence-electron chi connectivity index (χ4n) is 7.64. The average molecular weight is 629 g/mol. The van der Waals surface area contributed by atoms with Crippen LogP contribution in [0.15, 0.2) is 83.3 Å². The van der Waals surface area contributed by atoms with Crippen LogP contribution >= 0.6 is 15.9 Å². The first kappa shape index (κ1) is 28.7. The van der Waals surface area contributed by atoms with Gasteiger partial charge in [0.15, 0.2) is 11.3 Å². The summed E-state index contributed by atoms with van der Waals surface area (Å²) in [4.78, 5) is 46.0. The van der Waals surface area contributed by atoms with Crippen LogP contribution < -0.4 is 10.6 Å². The Balaban J connectivity index is 1.62. The van der Waals surface area contributed by atoms with Crippen molar-refractivity contribution < 1.29 is 14.4 Å². The van der Waals surface area contributed by atoms with Crippen molar-refractivity contribution in [2.75, 3.05) is 5.32 Å². The molecule has 4 unspecified atom stereocenters. The number of rotatable bonds is 6. The molecule has 0 aromatic heterocycles. The molecule has 1 aliphatic carbocycles. The predicted molar refractivity (Wildman–Crippen MR) is 168 cm³/mol. The largest absolute Gasteiger partial charge is 0.335 e. The van der Waals surface area contributed by atoms with Crippen LogP contribution in [0.25, 0.3) is 0 Å². The van der Waals surface area contributed by atoms with Crippen molar-refractivity contribution in [3.8, 4) is 0 Å². The second kappa shape index (κ2) is 11.7. The third-order valence-electron chi connectivity index (χ3n) is 9.31. The normalized spacial score (nSPS) is 25.5. The number of carbonyl (C=O) groups excluding carboxylic acids is 3. The molecule has 1 saturated heterocycles. The summed E-state index contributed by atoms with van der Waals surface area (Å²) in [5.41, 5.74) is 1.28. The van der Waals surface area contributed by atoms with Crippen LogP contribution in [0.2, 0.25) is 0 Å². The SMILES string of the molecule is CC(C)CC1C(c2ccccc2)C(C(=O)c2ccccc2)C2(C(=O)Nc3ccc(Br)cc32)N1C(=O)NC1CCCCC1. The quantitative estimate of drug-likeness (QED) is 0.275. The molecule has 3 aromatic rings. The minimum atomic E-state index is -1.52. The first-order valence-corrected chi connectivity index (χ1v) is 16.0. The lowest BCUT2D eigenvalue weighted by Gasteiger charge is -2.40. The van der Waals surface area contributed by atoms with Crippen molar-refractivity contribution in [3.63, 3.8) is 0 Å². The number of hydrogen-bond donors (Lipinski definition) is 2. The Bertz CT molecular complexity index is 1470. The Hall–Kier alpha value is -3.45. The van der Waals surface area contributed by atoms with Gasteiger partial charge in [0.1, 0.15) is 0 Å². The van der Waals surface area contributed by atoms with E-state index in [9.17, 15) is 14.4 Å². The predicted octanol–water partition coefficient (Wildman–Crippen LogP) is 7.65. The van der Waals surface area contributed by atoms with E-state index < -0.39 is 17.4 Å². The van der Waals surface area contributed by atoms with Gasteiger partial charge < -0.3 is 15.5 Å². The van der Waals surface area contributed by atoms with Gasteiger partial charge in [-0.2, -0.15) is 0 Å². The summed E-state index contributed by atoms with van der Waals surface area (Å²) in [5.74, 6) is -1.46. The van der Waals surface area contributed by atoms with Crippen LogP contribution in [-0.2, 0) is 10.3 Å². The minimum absolute atomic E-state index is 0.0495. The number of likely N-dealkylation sites (tertiary alicyclic amines) is 1. The number of benzene rings is 3. The fourth-order valence-corrected chi connectivity index (χ4v) is 8.01. The molecule has 1 spiro atoms. The molecule has 2 heterocycles. The van der Waals surface area contributed by atoms with Crippen LogP contribution in [-0.4, -0.2) is 34.7 Å². The maximum absolute atomic E-state index is 14.9. The molecule has 42 heavy (non-hydrogen) atoms. The molecule has 4 atom stereocenters. The zero-order valence-electron chi connectivity index (χ0n) is 24.2. The maximum Gasteiger partial charge on any atom is 0.319 e. The molecule has 2 N–H and O–H groups in total. The molecule has 6 rings (SSSR count). The van der Waals surface area contributed by atoms with Gasteiger partial charge in [-0.3, -0.25) is 9.59 Å². The highest BCUT2D eigenvalue weighted by atomic mass is 79.9. The highest BCUT2D eigenvalue weighted by Crippen LogP contribution is 2.60. The zero-order chi connectivity index (χ0) is 29.4. The Morgan fingerprint density at radius 2 is 1.64 bits per heavy atom. The molecule has 218 valence electrons. The maximum atomic E-state index is 14.9. The highest BCUT2D eigenvalue weighted by Gasteiger charge is 2.70. The van der Waals surface area contributed by atoms with Crippen LogP contribution in [0.4, 0.5) is 10.5 Å². The van der Waals surface area contributed by atoms with E-state index in [1.807, 2.05) is 78.9 Å². The van der Waals surface area contributed by atoms with Crippen molar-refractivity contribution in [1.82, 2.24) is 10.2 Å². The van der Waals surface area contributed by atoms with Gasteiger partial charge >= 0.3 is 6.03 Å². The van der Waals surface area contributed by atoms with Gasteiger partial charge in [0.2, 0.25) is 0 Å². The van der Waals surface area contributed by atoms with E-state index >= 15 is 0 Å². The van der Waals surface area contributed by atoms with Crippen molar-refractivity contribution in [2.45, 2.75) is 75.9 Å². The summed E-state index contributed by atoms with van der Waals surface area (Å²) < 4.78 is 0.791. The summed E-state index contributed by atoms with van der Waals surface area (Å²) in [6.07, 6.45) is 5.81. The Morgan fingerprint density at radius 3 is 2.31 bits per heavy atom. The first-order valence-electron chi connectivity index (χ1n) is 15.2. The van der Waals surface area contributed by atoms with E-state index in [1.165, 1.54) is 6.42 Å². The molecular formula is C35H38BrN3O3.